The fraction of sp³-hybridized carbons (Fsp3) is 0.462. The largest absolute Gasteiger partial charge is 0.389 e. The van der Waals surface area contributed by atoms with Gasteiger partial charge in [-0.05, 0) is 30.2 Å². The lowest BCUT2D eigenvalue weighted by Gasteiger charge is -2.14. The summed E-state index contributed by atoms with van der Waals surface area (Å²) < 4.78 is 0. The van der Waals surface area contributed by atoms with Crippen molar-refractivity contribution in [3.05, 3.63) is 23.8 Å². The highest BCUT2D eigenvalue weighted by molar-refractivity contribution is 7.99. The minimum absolute atomic E-state index is 0.484. The van der Waals surface area contributed by atoms with E-state index in [0.29, 0.717) is 11.0 Å². The number of rotatable bonds is 5. The summed E-state index contributed by atoms with van der Waals surface area (Å²) in [6, 6.07) is 6.81. The van der Waals surface area contributed by atoms with Crippen LogP contribution in [0.25, 0.3) is 0 Å². The van der Waals surface area contributed by atoms with Gasteiger partial charge in [-0.15, -0.1) is 11.8 Å². The molecule has 0 spiro atoms. The lowest BCUT2D eigenvalue weighted by atomic mass is 10.1. The van der Waals surface area contributed by atoms with Crippen LogP contribution in [0.15, 0.2) is 23.1 Å². The van der Waals surface area contributed by atoms with Gasteiger partial charge in [-0.3, -0.25) is 0 Å². The standard InChI is InChI=1S/C13H18N2S2/c1-3-17-11-6-4-5-9(12(11)13(14)16)15-10-7-8(10)2/h4-6,8,10,15H,3,7H2,1-2H3,(H2,14,16). The van der Waals surface area contributed by atoms with Crippen molar-refractivity contribution in [1.82, 2.24) is 0 Å². The van der Waals surface area contributed by atoms with E-state index in [-0.39, 0.29) is 0 Å². The second-order valence-electron chi connectivity index (χ2n) is 4.44. The van der Waals surface area contributed by atoms with Crippen molar-refractivity contribution < 1.29 is 0 Å². The number of hydrogen-bond donors (Lipinski definition) is 2. The Morgan fingerprint density at radius 3 is 2.82 bits per heavy atom. The highest BCUT2D eigenvalue weighted by atomic mass is 32.2. The zero-order chi connectivity index (χ0) is 12.4. The Balaban J connectivity index is 2.29. The smallest absolute Gasteiger partial charge is 0.107 e. The number of thioether (sulfide) groups is 1. The molecule has 1 aromatic rings. The van der Waals surface area contributed by atoms with Gasteiger partial charge in [0.15, 0.2) is 0 Å². The monoisotopic (exact) mass is 266 g/mol. The average molecular weight is 266 g/mol. The highest BCUT2D eigenvalue weighted by Crippen LogP contribution is 2.36. The lowest BCUT2D eigenvalue weighted by Crippen LogP contribution is -2.16. The van der Waals surface area contributed by atoms with E-state index >= 15 is 0 Å². The average Bonchev–Trinajstić information content (AvgIpc) is 2.94. The summed E-state index contributed by atoms with van der Waals surface area (Å²) in [5.41, 5.74) is 7.95. The molecule has 0 bridgehead atoms. The topological polar surface area (TPSA) is 38.0 Å². The van der Waals surface area contributed by atoms with E-state index in [2.05, 4.69) is 37.4 Å². The maximum Gasteiger partial charge on any atom is 0.107 e. The summed E-state index contributed by atoms with van der Waals surface area (Å²) in [6.45, 7) is 4.39. The summed E-state index contributed by atoms with van der Waals surface area (Å²) >= 11 is 6.96. The molecule has 0 amide bonds. The first kappa shape index (κ1) is 12.7. The molecule has 2 atom stereocenters. The van der Waals surface area contributed by atoms with Crippen LogP contribution in [0.3, 0.4) is 0 Å². The van der Waals surface area contributed by atoms with Gasteiger partial charge in [0.2, 0.25) is 0 Å². The van der Waals surface area contributed by atoms with Crippen LogP contribution in [0, 0.1) is 5.92 Å². The van der Waals surface area contributed by atoms with Crippen molar-refractivity contribution in [2.24, 2.45) is 11.7 Å². The second-order valence-corrected chi connectivity index (χ2v) is 6.19. The van der Waals surface area contributed by atoms with Gasteiger partial charge in [-0.1, -0.05) is 32.1 Å². The Morgan fingerprint density at radius 2 is 2.29 bits per heavy atom. The number of hydrogen-bond acceptors (Lipinski definition) is 3. The van der Waals surface area contributed by atoms with Gasteiger partial charge < -0.3 is 11.1 Å². The van der Waals surface area contributed by atoms with E-state index in [1.807, 2.05) is 0 Å². The van der Waals surface area contributed by atoms with Crippen LogP contribution < -0.4 is 11.1 Å². The molecule has 2 unspecified atom stereocenters. The Hall–Kier alpha value is -0.740. The van der Waals surface area contributed by atoms with Crippen LogP contribution in [-0.4, -0.2) is 16.8 Å². The van der Waals surface area contributed by atoms with Gasteiger partial charge in [0.05, 0.1) is 0 Å². The zero-order valence-electron chi connectivity index (χ0n) is 10.2. The van der Waals surface area contributed by atoms with Crippen molar-refractivity contribution in [1.29, 1.82) is 0 Å². The van der Waals surface area contributed by atoms with E-state index < -0.39 is 0 Å². The molecule has 0 saturated heterocycles. The molecule has 2 nitrogen and oxygen atoms in total. The van der Waals surface area contributed by atoms with Crippen molar-refractivity contribution in [3.63, 3.8) is 0 Å². The minimum atomic E-state index is 0.484. The first-order valence-corrected chi connectivity index (χ1v) is 7.35. The van der Waals surface area contributed by atoms with Crippen molar-refractivity contribution in [2.45, 2.75) is 31.2 Å². The van der Waals surface area contributed by atoms with Gasteiger partial charge in [-0.2, -0.15) is 0 Å². The first-order chi connectivity index (χ1) is 8.13. The third-order valence-electron chi connectivity index (χ3n) is 3.02. The van der Waals surface area contributed by atoms with Crippen LogP contribution in [0.5, 0.6) is 0 Å². The Labute approximate surface area is 112 Å². The van der Waals surface area contributed by atoms with Crippen LogP contribution in [-0.2, 0) is 0 Å². The molecule has 1 fully saturated rings. The van der Waals surface area contributed by atoms with Crippen LogP contribution in [0.1, 0.15) is 25.8 Å². The van der Waals surface area contributed by atoms with Crippen LogP contribution >= 0.6 is 24.0 Å². The van der Waals surface area contributed by atoms with E-state index in [0.717, 1.165) is 22.9 Å². The molecule has 1 saturated carbocycles. The highest BCUT2D eigenvalue weighted by Gasteiger charge is 2.33. The van der Waals surface area contributed by atoms with Gasteiger partial charge in [0, 0.05) is 22.2 Å². The molecule has 0 aliphatic heterocycles. The second kappa shape index (κ2) is 5.27. The quantitative estimate of drug-likeness (QED) is 0.634. The van der Waals surface area contributed by atoms with Crippen LogP contribution in [0.4, 0.5) is 5.69 Å². The molecule has 1 aliphatic carbocycles. The molecule has 0 aromatic heterocycles. The predicted octanol–water partition coefficient (Wildman–Crippen LogP) is 3.25. The molecule has 1 aromatic carbocycles. The normalized spacial score (nSPS) is 22.2. The van der Waals surface area contributed by atoms with Crippen molar-refractivity contribution in [2.75, 3.05) is 11.1 Å². The molecular formula is C13H18N2S2. The summed E-state index contributed by atoms with van der Waals surface area (Å²) in [4.78, 5) is 1.66. The maximum atomic E-state index is 5.85. The number of thiocarbonyl (C=S) groups is 1. The number of benzene rings is 1. The third kappa shape index (κ3) is 2.93. The van der Waals surface area contributed by atoms with Crippen molar-refractivity contribution in [3.8, 4) is 0 Å². The van der Waals surface area contributed by atoms with Gasteiger partial charge in [-0.25, -0.2) is 0 Å². The lowest BCUT2D eigenvalue weighted by molar-refractivity contribution is 0.928. The maximum absolute atomic E-state index is 5.85. The Morgan fingerprint density at radius 1 is 1.59 bits per heavy atom. The molecule has 17 heavy (non-hydrogen) atoms. The summed E-state index contributed by atoms with van der Waals surface area (Å²) in [5.74, 6) is 1.79. The zero-order valence-corrected chi connectivity index (χ0v) is 11.8. The third-order valence-corrected chi connectivity index (χ3v) is 4.17. The number of nitrogens with two attached hydrogens (primary N) is 1. The van der Waals surface area contributed by atoms with Gasteiger partial charge in [0.1, 0.15) is 4.99 Å². The molecule has 1 aliphatic rings. The van der Waals surface area contributed by atoms with E-state index in [1.165, 1.54) is 11.3 Å². The minimum Gasteiger partial charge on any atom is -0.389 e. The Kier molecular flexibility index (Phi) is 3.94. The molecule has 2 rings (SSSR count). The molecule has 4 heteroatoms. The Bertz CT molecular complexity index is 431. The molecule has 92 valence electrons. The van der Waals surface area contributed by atoms with Gasteiger partial charge in [0.25, 0.3) is 0 Å². The number of anilines is 1. The SMILES string of the molecule is CCSc1cccc(NC2CC2C)c1C(N)=S. The molecule has 0 radical (unpaired) electrons. The summed E-state index contributed by atoms with van der Waals surface area (Å²) in [6.07, 6.45) is 1.24. The van der Waals surface area contributed by atoms with E-state index in [1.54, 1.807) is 11.8 Å². The first-order valence-electron chi connectivity index (χ1n) is 5.95. The van der Waals surface area contributed by atoms with Gasteiger partial charge >= 0.3 is 0 Å². The summed E-state index contributed by atoms with van der Waals surface area (Å²) in [7, 11) is 0. The molecule has 0 heterocycles. The van der Waals surface area contributed by atoms with Crippen LogP contribution in [0.2, 0.25) is 0 Å². The molecular weight excluding hydrogens is 248 g/mol. The predicted molar refractivity (Wildman–Crippen MR) is 79.9 cm³/mol. The van der Waals surface area contributed by atoms with Crippen molar-refractivity contribution >= 4 is 34.7 Å². The van der Waals surface area contributed by atoms with E-state index in [4.69, 9.17) is 18.0 Å². The number of nitrogens with one attached hydrogen (secondary N) is 1. The molecule has 3 N–H and O–H groups in total. The van der Waals surface area contributed by atoms with E-state index in [9.17, 15) is 0 Å². The fourth-order valence-electron chi connectivity index (χ4n) is 1.90. The fourth-order valence-corrected chi connectivity index (χ4v) is 3.04. The summed E-state index contributed by atoms with van der Waals surface area (Å²) in [5, 5.41) is 3.53.